The fourth-order valence-corrected chi connectivity index (χ4v) is 7.41. The Morgan fingerprint density at radius 2 is 1.57 bits per heavy atom. The molecule has 5 aliphatic rings. The van der Waals surface area contributed by atoms with Crippen LogP contribution in [0.5, 0.6) is 0 Å². The molecular formula is C23H30F2N2S. The van der Waals surface area contributed by atoms with Crippen molar-refractivity contribution in [3.63, 3.8) is 0 Å². The second kappa shape index (κ2) is 6.46. The van der Waals surface area contributed by atoms with E-state index >= 15 is 8.78 Å². The van der Waals surface area contributed by atoms with Crippen LogP contribution in [0.2, 0.25) is 0 Å². The largest absolute Gasteiger partial charge is 0.376 e. The lowest BCUT2D eigenvalue weighted by Crippen LogP contribution is -2.65. The molecule has 2 atom stereocenters. The van der Waals surface area contributed by atoms with Crippen LogP contribution in [0.1, 0.15) is 63.4 Å². The van der Waals surface area contributed by atoms with Gasteiger partial charge in [-0.3, -0.25) is 0 Å². The number of rotatable bonds is 3. The van der Waals surface area contributed by atoms with Crippen molar-refractivity contribution >= 4 is 17.2 Å². The Balaban J connectivity index is 1.44. The quantitative estimate of drug-likeness (QED) is 0.700. The number of alkyl halides is 2. The third kappa shape index (κ3) is 2.84. The lowest BCUT2D eigenvalue weighted by atomic mass is 9.41. The first-order chi connectivity index (χ1) is 13.3. The maximum Gasteiger partial charge on any atom is 0.253 e. The Kier molecular flexibility index (Phi) is 4.37. The summed E-state index contributed by atoms with van der Waals surface area (Å²) in [6.07, 6.45) is 7.31. The third-order valence-corrected chi connectivity index (χ3v) is 8.84. The molecule has 0 aromatic heterocycles. The van der Waals surface area contributed by atoms with Crippen molar-refractivity contribution in [1.29, 1.82) is 0 Å². The minimum atomic E-state index is -2.55. The van der Waals surface area contributed by atoms with Gasteiger partial charge in [0.2, 0.25) is 0 Å². The summed E-state index contributed by atoms with van der Waals surface area (Å²) in [7, 11) is 0. The summed E-state index contributed by atoms with van der Waals surface area (Å²) in [5.74, 6) is -3.64. The van der Waals surface area contributed by atoms with Crippen LogP contribution < -0.4 is 11.1 Å². The topological polar surface area (TPSA) is 38.0 Å². The van der Waals surface area contributed by atoms with Crippen molar-refractivity contribution in [2.75, 3.05) is 0 Å². The van der Waals surface area contributed by atoms with Gasteiger partial charge in [-0.25, -0.2) is 8.78 Å². The number of nitrogens with one attached hydrogen (secondary N) is 1. The van der Waals surface area contributed by atoms with Crippen molar-refractivity contribution in [1.82, 2.24) is 5.32 Å². The molecular weight excluding hydrogens is 374 g/mol. The molecule has 0 heterocycles. The number of halogens is 2. The van der Waals surface area contributed by atoms with Crippen LogP contribution in [-0.4, -0.2) is 23.0 Å². The Hall–Kier alpha value is -1.07. The minimum absolute atomic E-state index is 0.143. The molecule has 5 heteroatoms. The van der Waals surface area contributed by atoms with Crippen molar-refractivity contribution in [2.24, 2.45) is 23.0 Å². The molecule has 152 valence electrons. The highest BCUT2D eigenvalue weighted by Crippen LogP contribution is 2.70. The molecule has 5 fully saturated rings. The van der Waals surface area contributed by atoms with Gasteiger partial charge in [0.15, 0.2) is 0 Å². The Morgan fingerprint density at radius 1 is 0.964 bits per heavy atom. The van der Waals surface area contributed by atoms with Crippen LogP contribution in [0.25, 0.3) is 0 Å². The van der Waals surface area contributed by atoms with Gasteiger partial charge in [0, 0.05) is 29.3 Å². The van der Waals surface area contributed by atoms with Crippen LogP contribution in [0.3, 0.4) is 0 Å². The SMILES string of the molecule is N[C@H]1CC[C@H](NC(=S)C23CC4CC(c5ccccc5)(CC(C2)C4(F)F)C3)CC1. The van der Waals surface area contributed by atoms with E-state index in [1.807, 2.05) is 18.2 Å². The van der Waals surface area contributed by atoms with E-state index in [1.165, 1.54) is 5.56 Å². The van der Waals surface area contributed by atoms with Crippen LogP contribution in [0, 0.1) is 17.3 Å². The lowest BCUT2D eigenvalue weighted by Gasteiger charge is -2.64. The predicted molar refractivity (Wildman–Crippen MR) is 112 cm³/mol. The number of hydrogen-bond acceptors (Lipinski definition) is 2. The van der Waals surface area contributed by atoms with Gasteiger partial charge in [0.05, 0.1) is 4.99 Å². The standard InChI is InChI=1S/C23H30F2N2S/c24-23(25)16-10-21(15-4-2-1-3-5-15)11-17(23)13-22(12-16,14-21)20(28)27-19-8-6-18(26)7-9-19/h1-5,16-19H,6-14,26H2,(H,27,28)/t16?,17?,18-,19-,21?,22?. The highest BCUT2D eigenvalue weighted by Gasteiger charge is 2.69. The first-order valence-electron chi connectivity index (χ1n) is 10.8. The highest BCUT2D eigenvalue weighted by molar-refractivity contribution is 7.80. The third-order valence-electron chi connectivity index (χ3n) is 8.29. The number of benzene rings is 1. The average Bonchev–Trinajstić information content (AvgIpc) is 2.68. The molecule has 4 bridgehead atoms. The van der Waals surface area contributed by atoms with E-state index in [-0.39, 0.29) is 10.8 Å². The van der Waals surface area contributed by atoms with Gasteiger partial charge in [-0.05, 0) is 68.8 Å². The molecule has 5 aliphatic carbocycles. The van der Waals surface area contributed by atoms with E-state index in [2.05, 4.69) is 17.4 Å². The summed E-state index contributed by atoms with van der Waals surface area (Å²) in [6, 6.07) is 11.0. The van der Waals surface area contributed by atoms with Crippen LogP contribution in [0.15, 0.2) is 30.3 Å². The summed E-state index contributed by atoms with van der Waals surface area (Å²) in [6.45, 7) is 0. The molecule has 28 heavy (non-hydrogen) atoms. The van der Waals surface area contributed by atoms with Gasteiger partial charge >= 0.3 is 0 Å². The van der Waals surface area contributed by atoms with Crippen molar-refractivity contribution in [2.45, 2.75) is 81.2 Å². The predicted octanol–water partition coefficient (Wildman–Crippen LogP) is 4.96. The molecule has 3 N–H and O–H groups in total. The highest BCUT2D eigenvalue weighted by atomic mass is 32.1. The first kappa shape index (κ1) is 18.9. The Bertz CT molecular complexity index is 739. The molecule has 1 aromatic carbocycles. The smallest absolute Gasteiger partial charge is 0.253 e. The molecule has 0 amide bonds. The van der Waals surface area contributed by atoms with E-state index in [0.29, 0.717) is 37.8 Å². The molecule has 5 saturated carbocycles. The molecule has 2 nitrogen and oxygen atoms in total. The second-order valence-corrected chi connectivity index (χ2v) is 10.5. The summed E-state index contributed by atoms with van der Waals surface area (Å²) in [5.41, 5.74) is 6.86. The maximum atomic E-state index is 15.1. The van der Waals surface area contributed by atoms with Crippen molar-refractivity contribution in [3.8, 4) is 0 Å². The van der Waals surface area contributed by atoms with Crippen LogP contribution >= 0.6 is 12.2 Å². The number of thiocarbonyl (C=S) groups is 1. The van der Waals surface area contributed by atoms with Gasteiger partial charge in [-0.1, -0.05) is 42.5 Å². The maximum absolute atomic E-state index is 15.1. The van der Waals surface area contributed by atoms with E-state index in [1.54, 1.807) is 0 Å². The summed E-state index contributed by atoms with van der Waals surface area (Å²) < 4.78 is 30.1. The van der Waals surface area contributed by atoms with E-state index in [9.17, 15) is 0 Å². The molecule has 0 aliphatic heterocycles. The molecule has 6 rings (SSSR count). The summed E-state index contributed by atoms with van der Waals surface area (Å²) in [5, 5.41) is 3.62. The van der Waals surface area contributed by atoms with Gasteiger partial charge in [0.25, 0.3) is 5.92 Å². The Labute approximate surface area is 171 Å². The van der Waals surface area contributed by atoms with Crippen molar-refractivity contribution < 1.29 is 8.78 Å². The molecule has 0 radical (unpaired) electrons. The molecule has 2 unspecified atom stereocenters. The van der Waals surface area contributed by atoms with Crippen LogP contribution in [0.4, 0.5) is 8.78 Å². The van der Waals surface area contributed by atoms with Gasteiger partial charge in [-0.2, -0.15) is 0 Å². The zero-order chi connectivity index (χ0) is 19.6. The monoisotopic (exact) mass is 404 g/mol. The summed E-state index contributed by atoms with van der Waals surface area (Å²) in [4.78, 5) is 0.859. The molecule has 0 saturated heterocycles. The normalized spacial score (nSPS) is 43.7. The fraction of sp³-hybridized carbons (Fsp3) is 0.696. The van der Waals surface area contributed by atoms with Crippen LogP contribution in [-0.2, 0) is 5.41 Å². The number of nitrogens with two attached hydrogens (primary N) is 1. The van der Waals surface area contributed by atoms with Gasteiger partial charge in [0.1, 0.15) is 0 Å². The van der Waals surface area contributed by atoms with E-state index in [0.717, 1.165) is 37.1 Å². The molecule has 1 aromatic rings. The zero-order valence-electron chi connectivity index (χ0n) is 16.3. The van der Waals surface area contributed by atoms with E-state index < -0.39 is 17.8 Å². The minimum Gasteiger partial charge on any atom is -0.376 e. The first-order valence-corrected chi connectivity index (χ1v) is 11.2. The van der Waals surface area contributed by atoms with Gasteiger partial charge < -0.3 is 11.1 Å². The zero-order valence-corrected chi connectivity index (χ0v) is 17.1. The van der Waals surface area contributed by atoms with Crippen molar-refractivity contribution in [3.05, 3.63) is 35.9 Å². The lowest BCUT2D eigenvalue weighted by molar-refractivity contribution is -0.220. The summed E-state index contributed by atoms with van der Waals surface area (Å²) >= 11 is 5.94. The van der Waals surface area contributed by atoms with E-state index in [4.69, 9.17) is 18.0 Å². The Morgan fingerprint density at radius 3 is 2.18 bits per heavy atom. The second-order valence-electron chi connectivity index (χ2n) is 10.1. The molecule has 0 spiro atoms. The average molecular weight is 405 g/mol. The fourth-order valence-electron chi connectivity index (χ4n) is 7.01. The number of hydrogen-bond donors (Lipinski definition) is 2. The van der Waals surface area contributed by atoms with Gasteiger partial charge in [-0.15, -0.1) is 0 Å².